The molecule has 1 atom stereocenters. The van der Waals surface area contributed by atoms with Crippen molar-refractivity contribution >= 4 is 11.8 Å². The maximum atomic E-state index is 14.2. The average Bonchev–Trinajstić information content (AvgIpc) is 3.43. The molecule has 1 unspecified atom stereocenters. The fraction of sp³-hybridized carbons (Fsp3) is 0.250. The number of nitrogens with zero attached hydrogens (tertiary/aromatic N) is 1. The zero-order valence-electron chi connectivity index (χ0n) is 22.0. The lowest BCUT2D eigenvalue weighted by atomic mass is 9.87. The van der Waals surface area contributed by atoms with E-state index in [9.17, 15) is 14.0 Å². The van der Waals surface area contributed by atoms with Gasteiger partial charge in [0.05, 0.1) is 6.04 Å². The maximum Gasteiger partial charge on any atom is 0.287 e. The van der Waals surface area contributed by atoms with Crippen molar-refractivity contribution in [2.75, 3.05) is 6.54 Å². The van der Waals surface area contributed by atoms with E-state index >= 15 is 0 Å². The first-order valence-corrected chi connectivity index (χ1v) is 13.1. The highest BCUT2D eigenvalue weighted by molar-refractivity contribution is 5.91. The van der Waals surface area contributed by atoms with Gasteiger partial charge < -0.3 is 19.4 Å². The standard InChI is InChI=1S/C32H31FN2O4/c1-21(2)32(37)35-16-15-23-11-12-26(18-28(23)30(35)24-9-6-10-25(33)17-24)38-20-27-13-14-29(39-27)31(36)34-19-22-7-4-3-5-8-22/h3-14,17-18,21,30H,15-16,19-20H2,1-2H3,(H,34,36). The van der Waals surface area contributed by atoms with Gasteiger partial charge in [-0.25, -0.2) is 4.39 Å². The molecule has 0 saturated heterocycles. The van der Waals surface area contributed by atoms with Crippen LogP contribution < -0.4 is 10.1 Å². The van der Waals surface area contributed by atoms with Crippen molar-refractivity contribution < 1.29 is 23.1 Å². The molecule has 0 spiro atoms. The molecule has 200 valence electrons. The molecule has 6 nitrogen and oxygen atoms in total. The van der Waals surface area contributed by atoms with Crippen LogP contribution in [0.5, 0.6) is 5.75 Å². The number of carbonyl (C=O) groups is 2. The second-order valence-corrected chi connectivity index (χ2v) is 9.98. The summed E-state index contributed by atoms with van der Waals surface area (Å²) in [5.74, 6) is 0.521. The third-order valence-electron chi connectivity index (χ3n) is 6.85. The number of halogens is 1. The van der Waals surface area contributed by atoms with Gasteiger partial charge in [0.25, 0.3) is 5.91 Å². The lowest BCUT2D eigenvalue weighted by Gasteiger charge is -2.39. The molecule has 1 aliphatic rings. The topological polar surface area (TPSA) is 71.8 Å². The lowest BCUT2D eigenvalue weighted by molar-refractivity contribution is -0.136. The summed E-state index contributed by atoms with van der Waals surface area (Å²) >= 11 is 0. The van der Waals surface area contributed by atoms with E-state index in [0.29, 0.717) is 31.0 Å². The summed E-state index contributed by atoms with van der Waals surface area (Å²) in [6.45, 7) is 4.85. The van der Waals surface area contributed by atoms with E-state index < -0.39 is 6.04 Å². The first-order chi connectivity index (χ1) is 18.9. The largest absolute Gasteiger partial charge is 0.486 e. The van der Waals surface area contributed by atoms with Crippen LogP contribution in [0.1, 0.15) is 58.5 Å². The molecule has 0 aliphatic carbocycles. The maximum absolute atomic E-state index is 14.2. The molecule has 39 heavy (non-hydrogen) atoms. The molecule has 5 rings (SSSR count). The summed E-state index contributed by atoms with van der Waals surface area (Å²) in [6.07, 6.45) is 0.708. The third-order valence-corrected chi connectivity index (χ3v) is 6.85. The molecule has 2 amide bonds. The van der Waals surface area contributed by atoms with Gasteiger partial charge in [0.2, 0.25) is 5.91 Å². The van der Waals surface area contributed by atoms with Crippen LogP contribution >= 0.6 is 0 Å². The Kier molecular flexibility index (Phi) is 7.77. The van der Waals surface area contributed by atoms with Gasteiger partial charge in [-0.05, 0) is 65.1 Å². The van der Waals surface area contributed by atoms with Gasteiger partial charge in [-0.1, -0.05) is 62.4 Å². The number of nitrogens with one attached hydrogen (secondary N) is 1. The molecule has 1 aliphatic heterocycles. The van der Waals surface area contributed by atoms with Crippen molar-refractivity contribution in [2.24, 2.45) is 5.92 Å². The number of ether oxygens (including phenoxy) is 1. The van der Waals surface area contributed by atoms with Gasteiger partial charge in [0, 0.05) is 19.0 Å². The highest BCUT2D eigenvalue weighted by atomic mass is 19.1. The van der Waals surface area contributed by atoms with Crippen molar-refractivity contribution in [1.82, 2.24) is 10.2 Å². The summed E-state index contributed by atoms with van der Waals surface area (Å²) in [5.41, 5.74) is 3.73. The Labute approximate surface area is 227 Å². The van der Waals surface area contributed by atoms with Gasteiger partial charge in [-0.15, -0.1) is 0 Å². The molecule has 0 bridgehead atoms. The van der Waals surface area contributed by atoms with Crippen LogP contribution in [0, 0.1) is 11.7 Å². The number of carbonyl (C=O) groups excluding carboxylic acids is 2. The van der Waals surface area contributed by atoms with Crippen LogP contribution in [0.15, 0.2) is 89.3 Å². The Morgan fingerprint density at radius 1 is 1.03 bits per heavy atom. The average molecular weight is 527 g/mol. The van der Waals surface area contributed by atoms with Gasteiger partial charge in [0.1, 0.15) is 23.9 Å². The van der Waals surface area contributed by atoms with E-state index in [1.165, 1.54) is 12.1 Å². The fourth-order valence-corrected chi connectivity index (χ4v) is 4.89. The normalized spacial score (nSPS) is 14.7. The Morgan fingerprint density at radius 3 is 2.62 bits per heavy atom. The number of fused-ring (bicyclic) bond motifs is 1. The molecule has 0 radical (unpaired) electrons. The first kappa shape index (κ1) is 26.2. The van der Waals surface area contributed by atoms with Crippen LogP contribution in [0.2, 0.25) is 0 Å². The van der Waals surface area contributed by atoms with Crippen molar-refractivity contribution in [3.05, 3.63) is 125 Å². The molecule has 1 aromatic heterocycles. The van der Waals surface area contributed by atoms with Crippen molar-refractivity contribution in [2.45, 2.75) is 39.5 Å². The second kappa shape index (κ2) is 11.6. The SMILES string of the molecule is CC(C)C(=O)N1CCc2ccc(OCc3ccc(C(=O)NCc4ccccc4)o3)cc2C1c1cccc(F)c1. The molecule has 2 heterocycles. The number of hydrogen-bond acceptors (Lipinski definition) is 4. The van der Waals surface area contributed by atoms with Crippen LogP contribution in [-0.2, 0) is 24.4 Å². The van der Waals surface area contributed by atoms with E-state index in [4.69, 9.17) is 9.15 Å². The monoisotopic (exact) mass is 526 g/mol. The van der Waals surface area contributed by atoms with Crippen LogP contribution in [0.25, 0.3) is 0 Å². The molecule has 7 heteroatoms. The Bertz CT molecular complexity index is 1460. The van der Waals surface area contributed by atoms with E-state index in [1.807, 2.05) is 73.3 Å². The number of rotatable bonds is 8. The third kappa shape index (κ3) is 6.03. The second-order valence-electron chi connectivity index (χ2n) is 9.98. The zero-order valence-corrected chi connectivity index (χ0v) is 22.0. The predicted molar refractivity (Wildman–Crippen MR) is 146 cm³/mol. The Hall–Kier alpha value is -4.39. The Morgan fingerprint density at radius 2 is 1.85 bits per heavy atom. The molecule has 0 saturated carbocycles. The molecule has 3 aromatic carbocycles. The van der Waals surface area contributed by atoms with Crippen LogP contribution in [0.4, 0.5) is 4.39 Å². The molecular weight excluding hydrogens is 495 g/mol. The summed E-state index contributed by atoms with van der Waals surface area (Å²) in [5, 5.41) is 2.85. The van der Waals surface area contributed by atoms with Gasteiger partial charge >= 0.3 is 0 Å². The smallest absolute Gasteiger partial charge is 0.287 e. The molecular formula is C32H31FN2O4. The van der Waals surface area contributed by atoms with Crippen molar-refractivity contribution in [1.29, 1.82) is 0 Å². The summed E-state index contributed by atoms with van der Waals surface area (Å²) < 4.78 is 25.9. The summed E-state index contributed by atoms with van der Waals surface area (Å²) in [4.78, 5) is 27.4. The van der Waals surface area contributed by atoms with Crippen molar-refractivity contribution in [3.63, 3.8) is 0 Å². The minimum Gasteiger partial charge on any atom is -0.486 e. The molecule has 4 aromatic rings. The number of hydrogen-bond donors (Lipinski definition) is 1. The predicted octanol–water partition coefficient (Wildman–Crippen LogP) is 6.06. The molecule has 0 fully saturated rings. The zero-order chi connectivity index (χ0) is 27.4. The number of amides is 2. The highest BCUT2D eigenvalue weighted by Gasteiger charge is 2.33. The number of furan rings is 1. The van der Waals surface area contributed by atoms with Crippen LogP contribution in [-0.4, -0.2) is 23.3 Å². The minimum atomic E-state index is -0.411. The molecule has 1 N–H and O–H groups in total. The Balaban J connectivity index is 1.31. The van der Waals surface area contributed by atoms with E-state index in [1.54, 1.807) is 18.2 Å². The van der Waals surface area contributed by atoms with Crippen LogP contribution in [0.3, 0.4) is 0 Å². The summed E-state index contributed by atoms with van der Waals surface area (Å²) in [7, 11) is 0. The first-order valence-electron chi connectivity index (χ1n) is 13.1. The van der Waals surface area contributed by atoms with Gasteiger partial charge in [0.15, 0.2) is 5.76 Å². The quantitative estimate of drug-likeness (QED) is 0.303. The van der Waals surface area contributed by atoms with Crippen molar-refractivity contribution in [3.8, 4) is 5.75 Å². The fourth-order valence-electron chi connectivity index (χ4n) is 4.89. The highest BCUT2D eigenvalue weighted by Crippen LogP contribution is 2.38. The minimum absolute atomic E-state index is 0.0230. The lowest BCUT2D eigenvalue weighted by Crippen LogP contribution is -2.42. The van der Waals surface area contributed by atoms with E-state index in [0.717, 1.165) is 22.3 Å². The van der Waals surface area contributed by atoms with E-state index in [-0.39, 0.29) is 35.9 Å². The summed E-state index contributed by atoms with van der Waals surface area (Å²) in [6, 6.07) is 24.8. The van der Waals surface area contributed by atoms with Gasteiger partial charge in [-0.3, -0.25) is 9.59 Å². The van der Waals surface area contributed by atoms with Gasteiger partial charge in [-0.2, -0.15) is 0 Å². The number of benzene rings is 3. The van der Waals surface area contributed by atoms with E-state index in [2.05, 4.69) is 5.32 Å².